The summed E-state index contributed by atoms with van der Waals surface area (Å²) >= 11 is 6.13. The minimum absolute atomic E-state index is 0.0725. The van der Waals surface area contributed by atoms with Gasteiger partial charge in [0.25, 0.3) is 5.91 Å². The molecule has 4 aromatic rings. The Bertz CT molecular complexity index is 1690. The average molecular weight is 637 g/mol. The quantitative estimate of drug-likeness (QED) is 0.181. The van der Waals surface area contributed by atoms with Crippen LogP contribution in [0.15, 0.2) is 42.6 Å². The van der Waals surface area contributed by atoms with Crippen molar-refractivity contribution in [1.29, 1.82) is 0 Å². The maximum Gasteiger partial charge on any atom is 0.413 e. The second kappa shape index (κ2) is 14.4. The second-order valence-electron chi connectivity index (χ2n) is 11.1. The first-order valence-corrected chi connectivity index (χ1v) is 14.5. The van der Waals surface area contributed by atoms with E-state index in [-0.39, 0.29) is 17.5 Å². The van der Waals surface area contributed by atoms with E-state index in [0.717, 1.165) is 16.7 Å². The van der Waals surface area contributed by atoms with Crippen LogP contribution in [0.3, 0.4) is 0 Å². The SMILES string of the molecule is CNC(=O)c1nnc(Cl)cc1Nc1cc(CCOCc2nc(NC(=O)OC(C)(C)C)ccc2C)cc(-c2ccn(C)n2)c1OC. The first kappa shape index (κ1) is 33.1. The van der Waals surface area contributed by atoms with Gasteiger partial charge in [-0.1, -0.05) is 17.7 Å². The van der Waals surface area contributed by atoms with Crippen molar-refractivity contribution in [3.63, 3.8) is 0 Å². The Morgan fingerprint density at radius 3 is 2.51 bits per heavy atom. The molecular weight excluding hydrogens is 600 g/mol. The van der Waals surface area contributed by atoms with Crippen LogP contribution in [0.1, 0.15) is 48.1 Å². The first-order chi connectivity index (χ1) is 21.4. The lowest BCUT2D eigenvalue weighted by atomic mass is 10.0. The van der Waals surface area contributed by atoms with Crippen molar-refractivity contribution in [3.8, 4) is 17.0 Å². The molecule has 0 fully saturated rings. The number of aromatic nitrogens is 5. The Morgan fingerprint density at radius 2 is 1.84 bits per heavy atom. The predicted molar refractivity (Wildman–Crippen MR) is 171 cm³/mol. The zero-order chi connectivity index (χ0) is 32.7. The van der Waals surface area contributed by atoms with Crippen molar-refractivity contribution < 1.29 is 23.8 Å². The number of rotatable bonds is 11. The molecule has 3 aromatic heterocycles. The largest absolute Gasteiger partial charge is 0.494 e. The molecular formula is C31H37ClN8O5. The maximum absolute atomic E-state index is 12.5. The Balaban J connectivity index is 1.56. The lowest BCUT2D eigenvalue weighted by Crippen LogP contribution is -2.27. The van der Waals surface area contributed by atoms with Gasteiger partial charge < -0.3 is 24.8 Å². The monoisotopic (exact) mass is 636 g/mol. The summed E-state index contributed by atoms with van der Waals surface area (Å²) in [6.45, 7) is 7.92. The number of benzene rings is 1. The molecule has 4 rings (SSSR count). The standard InChI is InChI=1S/C31H37ClN8O5/c1-18-8-9-26(36-30(42)45-31(2,3)4)35-24(18)17-44-13-11-19-14-20(21-10-12-40(6)39-21)28(43-7)23(15-19)34-22-16-25(32)37-38-27(22)29(41)33-5/h8-10,12,14-16H,11,13,17H2,1-7H3,(H,33,41)(H,34,37)(H,35,36,42). The number of ether oxygens (including phenoxy) is 3. The Morgan fingerprint density at radius 1 is 1.07 bits per heavy atom. The van der Waals surface area contributed by atoms with Gasteiger partial charge in [-0.2, -0.15) is 5.10 Å². The molecule has 238 valence electrons. The smallest absolute Gasteiger partial charge is 0.413 e. The molecule has 45 heavy (non-hydrogen) atoms. The van der Waals surface area contributed by atoms with Crippen LogP contribution < -0.4 is 20.7 Å². The fourth-order valence-electron chi connectivity index (χ4n) is 4.34. The van der Waals surface area contributed by atoms with Gasteiger partial charge in [-0.3, -0.25) is 14.8 Å². The summed E-state index contributed by atoms with van der Waals surface area (Å²) in [4.78, 5) is 29.2. The fraction of sp³-hybridized carbons (Fsp3) is 0.355. The molecule has 14 heteroatoms. The molecule has 0 aliphatic rings. The predicted octanol–water partition coefficient (Wildman–Crippen LogP) is 5.45. The van der Waals surface area contributed by atoms with E-state index in [1.165, 1.54) is 13.1 Å². The molecule has 0 aliphatic heterocycles. The van der Waals surface area contributed by atoms with Crippen molar-refractivity contribution in [1.82, 2.24) is 30.3 Å². The van der Waals surface area contributed by atoms with Crippen LogP contribution in [0.2, 0.25) is 5.15 Å². The van der Waals surface area contributed by atoms with E-state index >= 15 is 0 Å². The van der Waals surface area contributed by atoms with E-state index in [2.05, 4.69) is 36.2 Å². The third-order valence-electron chi connectivity index (χ3n) is 6.42. The molecule has 0 saturated carbocycles. The number of hydrogen-bond donors (Lipinski definition) is 3. The van der Waals surface area contributed by atoms with Gasteiger partial charge in [0.05, 0.1) is 43.1 Å². The lowest BCUT2D eigenvalue weighted by Gasteiger charge is -2.19. The van der Waals surface area contributed by atoms with Crippen molar-refractivity contribution in [2.45, 2.75) is 46.3 Å². The van der Waals surface area contributed by atoms with E-state index in [1.54, 1.807) is 38.6 Å². The van der Waals surface area contributed by atoms with Crippen molar-refractivity contribution in [3.05, 3.63) is 70.3 Å². The number of amides is 2. The van der Waals surface area contributed by atoms with Gasteiger partial charge in [0.2, 0.25) is 0 Å². The maximum atomic E-state index is 12.5. The van der Waals surface area contributed by atoms with E-state index in [9.17, 15) is 9.59 Å². The lowest BCUT2D eigenvalue weighted by molar-refractivity contribution is 0.0634. The number of methoxy groups -OCH3 is 1. The number of carbonyl (C=O) groups is 2. The van der Waals surface area contributed by atoms with Crippen LogP contribution in [0.25, 0.3) is 11.3 Å². The Kier molecular flexibility index (Phi) is 10.6. The highest BCUT2D eigenvalue weighted by atomic mass is 35.5. The van der Waals surface area contributed by atoms with Crippen LogP contribution in [0.4, 0.5) is 22.0 Å². The van der Waals surface area contributed by atoms with Gasteiger partial charge in [0.15, 0.2) is 16.6 Å². The summed E-state index contributed by atoms with van der Waals surface area (Å²) in [5.74, 6) is 0.467. The van der Waals surface area contributed by atoms with Crippen LogP contribution in [0, 0.1) is 6.92 Å². The number of hydrogen-bond acceptors (Lipinski definition) is 10. The molecule has 0 atom stereocenters. The number of nitrogens with one attached hydrogen (secondary N) is 3. The highest BCUT2D eigenvalue weighted by molar-refractivity contribution is 6.29. The molecule has 13 nitrogen and oxygen atoms in total. The molecule has 0 spiro atoms. The number of halogens is 1. The molecule has 0 bridgehead atoms. The summed E-state index contributed by atoms with van der Waals surface area (Å²) in [5.41, 5.74) is 4.36. The summed E-state index contributed by atoms with van der Waals surface area (Å²) < 4.78 is 18.9. The van der Waals surface area contributed by atoms with E-state index in [0.29, 0.717) is 47.4 Å². The van der Waals surface area contributed by atoms with E-state index in [1.807, 2.05) is 44.4 Å². The van der Waals surface area contributed by atoms with Crippen LogP contribution in [0.5, 0.6) is 5.75 Å². The molecule has 0 unspecified atom stereocenters. The highest BCUT2D eigenvalue weighted by Crippen LogP contribution is 2.39. The molecule has 1 aromatic carbocycles. The number of pyridine rings is 1. The van der Waals surface area contributed by atoms with Gasteiger partial charge in [-0.15, -0.1) is 10.2 Å². The van der Waals surface area contributed by atoms with Crippen LogP contribution >= 0.6 is 11.6 Å². The van der Waals surface area contributed by atoms with Crippen LogP contribution in [-0.2, 0) is 29.5 Å². The minimum Gasteiger partial charge on any atom is -0.494 e. The molecule has 2 amide bonds. The topological polar surface area (TPSA) is 154 Å². The number of aryl methyl sites for hydroxylation is 2. The van der Waals surface area contributed by atoms with E-state index in [4.69, 9.17) is 25.8 Å². The van der Waals surface area contributed by atoms with Gasteiger partial charge in [-0.05, 0) is 69.5 Å². The fourth-order valence-corrected chi connectivity index (χ4v) is 4.49. The second-order valence-corrected chi connectivity index (χ2v) is 11.5. The third-order valence-corrected chi connectivity index (χ3v) is 6.61. The minimum atomic E-state index is -0.622. The summed E-state index contributed by atoms with van der Waals surface area (Å²) in [6.07, 6.45) is 1.80. The van der Waals surface area contributed by atoms with E-state index < -0.39 is 17.6 Å². The zero-order valence-electron chi connectivity index (χ0n) is 26.3. The number of anilines is 3. The Hall–Kier alpha value is -4.75. The zero-order valence-corrected chi connectivity index (χ0v) is 27.1. The highest BCUT2D eigenvalue weighted by Gasteiger charge is 2.20. The molecule has 0 saturated heterocycles. The normalized spacial score (nSPS) is 11.2. The summed E-state index contributed by atoms with van der Waals surface area (Å²) in [7, 11) is 4.91. The number of carbonyl (C=O) groups excluding carboxylic acids is 2. The van der Waals surface area contributed by atoms with Crippen molar-refractivity contribution in [2.75, 3.05) is 31.4 Å². The molecule has 3 heterocycles. The van der Waals surface area contributed by atoms with Crippen molar-refractivity contribution in [2.24, 2.45) is 7.05 Å². The third kappa shape index (κ3) is 8.89. The molecule has 3 N–H and O–H groups in total. The Labute approximate surface area is 266 Å². The summed E-state index contributed by atoms with van der Waals surface area (Å²) in [5, 5.41) is 21.0. The van der Waals surface area contributed by atoms with Gasteiger partial charge in [0.1, 0.15) is 11.4 Å². The average Bonchev–Trinajstić information content (AvgIpc) is 3.41. The van der Waals surface area contributed by atoms with Crippen LogP contribution in [-0.4, -0.2) is 63.3 Å². The molecule has 0 radical (unpaired) electrons. The van der Waals surface area contributed by atoms with Gasteiger partial charge >= 0.3 is 6.09 Å². The molecule has 0 aliphatic carbocycles. The summed E-state index contributed by atoms with van der Waals surface area (Å²) in [6, 6.07) is 10.9. The first-order valence-electron chi connectivity index (χ1n) is 14.1. The van der Waals surface area contributed by atoms with Gasteiger partial charge in [-0.25, -0.2) is 9.78 Å². The van der Waals surface area contributed by atoms with Crippen molar-refractivity contribution >= 4 is 40.8 Å². The number of nitrogens with zero attached hydrogens (tertiary/aromatic N) is 5. The van der Waals surface area contributed by atoms with Gasteiger partial charge in [0, 0.05) is 31.9 Å².